The first-order chi connectivity index (χ1) is 8.92. The van der Waals surface area contributed by atoms with Gasteiger partial charge in [-0.15, -0.1) is 0 Å². The number of H-pyrrole nitrogens is 1. The molecule has 3 heteroatoms. The molecule has 1 N–H and O–H groups in total. The molecule has 0 fully saturated rings. The standard InChI is InChI=1S/C15H11N3/c1-2-6-13-12(5-1)16-15(17-13)11-8-10-18-9-4-3-7-14(11)18/h1-10H,(H,16,17). The number of rotatable bonds is 1. The van der Waals surface area contributed by atoms with Crippen molar-refractivity contribution in [3.63, 3.8) is 0 Å². The van der Waals surface area contributed by atoms with Gasteiger partial charge >= 0.3 is 0 Å². The minimum Gasteiger partial charge on any atom is -0.338 e. The van der Waals surface area contributed by atoms with Crippen LogP contribution in [0.4, 0.5) is 0 Å². The minimum absolute atomic E-state index is 0.921. The molecule has 18 heavy (non-hydrogen) atoms. The predicted molar refractivity (Wildman–Crippen MR) is 72.5 cm³/mol. The third-order valence-electron chi connectivity index (χ3n) is 3.21. The number of hydrogen-bond donors (Lipinski definition) is 1. The zero-order valence-corrected chi connectivity index (χ0v) is 9.67. The summed E-state index contributed by atoms with van der Waals surface area (Å²) in [5.41, 5.74) is 4.37. The van der Waals surface area contributed by atoms with E-state index in [1.54, 1.807) is 0 Å². The lowest BCUT2D eigenvalue weighted by Crippen LogP contribution is -1.82. The predicted octanol–water partition coefficient (Wildman–Crippen LogP) is 3.48. The number of aromatic nitrogens is 3. The third-order valence-corrected chi connectivity index (χ3v) is 3.21. The molecule has 0 unspecified atom stereocenters. The second-order valence-corrected chi connectivity index (χ2v) is 4.33. The van der Waals surface area contributed by atoms with Gasteiger partial charge in [0, 0.05) is 18.0 Å². The van der Waals surface area contributed by atoms with Crippen molar-refractivity contribution >= 4 is 16.6 Å². The number of pyridine rings is 1. The molecule has 86 valence electrons. The van der Waals surface area contributed by atoms with Crippen LogP contribution in [-0.2, 0) is 0 Å². The van der Waals surface area contributed by atoms with E-state index in [-0.39, 0.29) is 0 Å². The molecule has 0 saturated heterocycles. The first-order valence-electron chi connectivity index (χ1n) is 5.93. The van der Waals surface area contributed by atoms with Gasteiger partial charge in [-0.3, -0.25) is 0 Å². The molecule has 4 aromatic rings. The number of nitrogens with zero attached hydrogens (tertiary/aromatic N) is 2. The summed E-state index contributed by atoms with van der Waals surface area (Å²) < 4.78 is 2.10. The average Bonchev–Trinajstić information content (AvgIpc) is 3.02. The van der Waals surface area contributed by atoms with Gasteiger partial charge in [-0.2, -0.15) is 0 Å². The summed E-state index contributed by atoms with van der Waals surface area (Å²) in [6, 6.07) is 16.3. The van der Waals surface area contributed by atoms with E-state index in [2.05, 4.69) is 32.7 Å². The van der Waals surface area contributed by atoms with E-state index in [4.69, 9.17) is 0 Å². The summed E-state index contributed by atoms with van der Waals surface area (Å²) in [5.74, 6) is 0.921. The van der Waals surface area contributed by atoms with Gasteiger partial charge in [0.05, 0.1) is 16.6 Å². The molecule has 0 amide bonds. The van der Waals surface area contributed by atoms with Crippen molar-refractivity contribution in [1.82, 2.24) is 14.4 Å². The maximum absolute atomic E-state index is 4.64. The summed E-state index contributed by atoms with van der Waals surface area (Å²) in [7, 11) is 0. The second kappa shape index (κ2) is 3.47. The van der Waals surface area contributed by atoms with Crippen LogP contribution >= 0.6 is 0 Å². The van der Waals surface area contributed by atoms with E-state index in [1.165, 1.54) is 0 Å². The second-order valence-electron chi connectivity index (χ2n) is 4.33. The maximum atomic E-state index is 4.64. The fourth-order valence-corrected chi connectivity index (χ4v) is 2.34. The van der Waals surface area contributed by atoms with Crippen molar-refractivity contribution < 1.29 is 0 Å². The molecule has 3 heterocycles. The number of aromatic amines is 1. The number of fused-ring (bicyclic) bond motifs is 2. The van der Waals surface area contributed by atoms with E-state index >= 15 is 0 Å². The van der Waals surface area contributed by atoms with Crippen molar-refractivity contribution in [2.24, 2.45) is 0 Å². The van der Waals surface area contributed by atoms with Crippen molar-refractivity contribution in [2.75, 3.05) is 0 Å². The van der Waals surface area contributed by atoms with Crippen molar-refractivity contribution in [2.45, 2.75) is 0 Å². The van der Waals surface area contributed by atoms with Crippen LogP contribution in [0.3, 0.4) is 0 Å². The van der Waals surface area contributed by atoms with E-state index in [0.717, 1.165) is 27.9 Å². The van der Waals surface area contributed by atoms with Gasteiger partial charge in [-0.05, 0) is 30.3 Å². The van der Waals surface area contributed by atoms with Gasteiger partial charge in [-0.25, -0.2) is 4.98 Å². The Hall–Kier alpha value is -2.55. The van der Waals surface area contributed by atoms with Crippen molar-refractivity contribution in [3.05, 3.63) is 60.9 Å². The Labute approximate surface area is 104 Å². The lowest BCUT2D eigenvalue weighted by Gasteiger charge is -1.95. The van der Waals surface area contributed by atoms with E-state index in [1.807, 2.05) is 42.6 Å². The highest BCUT2D eigenvalue weighted by atomic mass is 14.9. The molecule has 0 aliphatic carbocycles. The zero-order valence-electron chi connectivity index (χ0n) is 9.67. The van der Waals surface area contributed by atoms with Gasteiger partial charge in [0.1, 0.15) is 5.82 Å². The Kier molecular flexibility index (Phi) is 1.83. The Bertz CT molecular complexity index is 806. The molecule has 0 aliphatic rings. The van der Waals surface area contributed by atoms with Crippen molar-refractivity contribution in [3.8, 4) is 11.4 Å². The highest BCUT2D eigenvalue weighted by Crippen LogP contribution is 2.25. The Morgan fingerprint density at radius 3 is 2.72 bits per heavy atom. The Morgan fingerprint density at radius 1 is 0.889 bits per heavy atom. The lowest BCUT2D eigenvalue weighted by molar-refractivity contribution is 1.20. The van der Waals surface area contributed by atoms with Gasteiger partial charge in [-0.1, -0.05) is 18.2 Å². The monoisotopic (exact) mass is 233 g/mol. The number of imidazole rings is 1. The number of para-hydroxylation sites is 2. The molecule has 0 radical (unpaired) electrons. The average molecular weight is 233 g/mol. The van der Waals surface area contributed by atoms with Crippen LogP contribution in [0.25, 0.3) is 27.9 Å². The molecule has 3 aromatic heterocycles. The summed E-state index contributed by atoms with van der Waals surface area (Å²) in [6.07, 6.45) is 4.10. The van der Waals surface area contributed by atoms with E-state index in [9.17, 15) is 0 Å². The largest absolute Gasteiger partial charge is 0.338 e. The fraction of sp³-hybridized carbons (Fsp3) is 0. The molecule has 0 spiro atoms. The number of hydrogen-bond acceptors (Lipinski definition) is 1. The summed E-state index contributed by atoms with van der Waals surface area (Å²) >= 11 is 0. The minimum atomic E-state index is 0.921. The molecular weight excluding hydrogens is 222 g/mol. The molecule has 3 nitrogen and oxygen atoms in total. The highest BCUT2D eigenvalue weighted by molar-refractivity contribution is 5.84. The third kappa shape index (κ3) is 1.27. The highest BCUT2D eigenvalue weighted by Gasteiger charge is 2.08. The van der Waals surface area contributed by atoms with Crippen LogP contribution in [0, 0.1) is 0 Å². The van der Waals surface area contributed by atoms with Crippen LogP contribution in [0.1, 0.15) is 0 Å². The first kappa shape index (κ1) is 9.48. The molecule has 0 bridgehead atoms. The molecule has 1 aromatic carbocycles. The molecule has 0 aliphatic heterocycles. The Morgan fingerprint density at radius 2 is 1.78 bits per heavy atom. The van der Waals surface area contributed by atoms with E-state index < -0.39 is 0 Å². The smallest absolute Gasteiger partial charge is 0.140 e. The molecular formula is C15H11N3. The summed E-state index contributed by atoms with van der Waals surface area (Å²) in [6.45, 7) is 0. The van der Waals surface area contributed by atoms with Crippen molar-refractivity contribution in [1.29, 1.82) is 0 Å². The molecule has 0 saturated carbocycles. The maximum Gasteiger partial charge on any atom is 0.140 e. The number of benzene rings is 1. The zero-order chi connectivity index (χ0) is 11.9. The normalized spacial score (nSPS) is 11.3. The van der Waals surface area contributed by atoms with Crippen LogP contribution in [-0.4, -0.2) is 14.4 Å². The topological polar surface area (TPSA) is 33.1 Å². The summed E-state index contributed by atoms with van der Waals surface area (Å²) in [5, 5.41) is 0. The quantitative estimate of drug-likeness (QED) is 0.536. The molecule has 0 atom stereocenters. The number of nitrogens with one attached hydrogen (secondary N) is 1. The Balaban J connectivity index is 2.01. The van der Waals surface area contributed by atoms with E-state index in [0.29, 0.717) is 0 Å². The van der Waals surface area contributed by atoms with Crippen LogP contribution < -0.4 is 0 Å². The van der Waals surface area contributed by atoms with Crippen LogP contribution in [0.5, 0.6) is 0 Å². The first-order valence-corrected chi connectivity index (χ1v) is 5.93. The van der Waals surface area contributed by atoms with Gasteiger partial charge < -0.3 is 9.38 Å². The van der Waals surface area contributed by atoms with Gasteiger partial charge in [0.15, 0.2) is 0 Å². The van der Waals surface area contributed by atoms with Gasteiger partial charge in [0.25, 0.3) is 0 Å². The summed E-state index contributed by atoms with van der Waals surface area (Å²) in [4.78, 5) is 8.00. The van der Waals surface area contributed by atoms with Crippen LogP contribution in [0.15, 0.2) is 60.9 Å². The van der Waals surface area contributed by atoms with Gasteiger partial charge in [0.2, 0.25) is 0 Å². The molecule has 4 rings (SSSR count). The fourth-order valence-electron chi connectivity index (χ4n) is 2.34. The lowest BCUT2D eigenvalue weighted by atomic mass is 10.2. The van der Waals surface area contributed by atoms with Crippen LogP contribution in [0.2, 0.25) is 0 Å². The SMILES string of the molecule is c1ccc2[nH]c(-c3ccn4ccccc34)nc2c1.